The Kier molecular flexibility index (Phi) is 6.42. The molecular weight excluding hydrogens is 390 g/mol. The minimum Gasteiger partial charge on any atom is -0.490 e. The summed E-state index contributed by atoms with van der Waals surface area (Å²) in [6.07, 6.45) is 2.72. The zero-order valence-electron chi connectivity index (χ0n) is 16.3. The number of urea groups is 1. The van der Waals surface area contributed by atoms with Crippen molar-refractivity contribution in [1.82, 2.24) is 10.2 Å². The monoisotopic (exact) mass is 415 g/mol. The van der Waals surface area contributed by atoms with Crippen molar-refractivity contribution in [2.45, 2.75) is 31.8 Å². The molecule has 6 nitrogen and oxygen atoms in total. The summed E-state index contributed by atoms with van der Waals surface area (Å²) in [6.45, 7) is 4.09. The van der Waals surface area contributed by atoms with E-state index in [4.69, 9.17) is 21.1 Å². The lowest BCUT2D eigenvalue weighted by Crippen LogP contribution is -2.45. The van der Waals surface area contributed by atoms with Crippen LogP contribution >= 0.6 is 11.6 Å². The SMILES string of the molecule is O=C(Nc1ccc2c(c1)OCCCO2)NC1CCN(Cc2ccc(Cl)cc2)CC1. The summed E-state index contributed by atoms with van der Waals surface area (Å²) in [5.74, 6) is 1.40. The quantitative estimate of drug-likeness (QED) is 0.782. The number of likely N-dealkylation sites (tertiary alicyclic amines) is 1. The summed E-state index contributed by atoms with van der Waals surface area (Å²) in [7, 11) is 0. The first-order chi connectivity index (χ1) is 14.2. The largest absolute Gasteiger partial charge is 0.490 e. The van der Waals surface area contributed by atoms with E-state index in [2.05, 4.69) is 27.7 Å². The Morgan fingerprint density at radius 2 is 1.76 bits per heavy atom. The van der Waals surface area contributed by atoms with Gasteiger partial charge in [-0.3, -0.25) is 4.90 Å². The van der Waals surface area contributed by atoms with Crippen LogP contribution in [0.15, 0.2) is 42.5 Å². The van der Waals surface area contributed by atoms with Gasteiger partial charge in [0.2, 0.25) is 0 Å². The van der Waals surface area contributed by atoms with E-state index in [1.807, 2.05) is 30.3 Å². The second-order valence-corrected chi connectivity index (χ2v) is 7.92. The lowest BCUT2D eigenvalue weighted by Gasteiger charge is -2.32. The van der Waals surface area contributed by atoms with Crippen LogP contribution in [0.5, 0.6) is 11.5 Å². The fourth-order valence-electron chi connectivity index (χ4n) is 3.68. The summed E-state index contributed by atoms with van der Waals surface area (Å²) >= 11 is 5.95. The van der Waals surface area contributed by atoms with Gasteiger partial charge in [0.05, 0.1) is 13.2 Å². The smallest absolute Gasteiger partial charge is 0.319 e. The fraction of sp³-hybridized carbons (Fsp3) is 0.409. The molecule has 0 atom stereocenters. The molecule has 2 N–H and O–H groups in total. The van der Waals surface area contributed by atoms with Crippen LogP contribution in [0.2, 0.25) is 5.02 Å². The van der Waals surface area contributed by atoms with Gasteiger partial charge < -0.3 is 20.1 Å². The number of hydrogen-bond donors (Lipinski definition) is 2. The third kappa shape index (κ3) is 5.55. The van der Waals surface area contributed by atoms with Crippen molar-refractivity contribution in [3.05, 3.63) is 53.1 Å². The first-order valence-electron chi connectivity index (χ1n) is 10.1. The molecule has 1 saturated heterocycles. The summed E-state index contributed by atoms with van der Waals surface area (Å²) in [4.78, 5) is 14.8. The van der Waals surface area contributed by atoms with Crippen LogP contribution in [-0.2, 0) is 6.54 Å². The van der Waals surface area contributed by atoms with Gasteiger partial charge in [0.25, 0.3) is 0 Å². The molecule has 0 bridgehead atoms. The Morgan fingerprint density at radius 1 is 1.03 bits per heavy atom. The minimum absolute atomic E-state index is 0.178. The third-order valence-corrected chi connectivity index (χ3v) is 5.50. The highest BCUT2D eigenvalue weighted by Crippen LogP contribution is 2.32. The minimum atomic E-state index is -0.185. The lowest BCUT2D eigenvalue weighted by molar-refractivity contribution is 0.190. The maximum Gasteiger partial charge on any atom is 0.319 e. The third-order valence-electron chi connectivity index (χ3n) is 5.25. The molecule has 4 rings (SSSR count). The van der Waals surface area contributed by atoms with Gasteiger partial charge in [0.1, 0.15) is 0 Å². The molecule has 29 heavy (non-hydrogen) atoms. The standard InChI is InChI=1S/C22H26ClN3O3/c23-17-4-2-16(3-5-17)15-26-10-8-18(9-11-26)24-22(27)25-19-6-7-20-21(14-19)29-13-1-12-28-20/h2-7,14,18H,1,8-13,15H2,(H2,24,25,27). The van der Waals surface area contributed by atoms with Crippen LogP contribution in [0.1, 0.15) is 24.8 Å². The highest BCUT2D eigenvalue weighted by molar-refractivity contribution is 6.30. The van der Waals surface area contributed by atoms with Crippen molar-refractivity contribution in [2.24, 2.45) is 0 Å². The average molecular weight is 416 g/mol. The second-order valence-electron chi connectivity index (χ2n) is 7.49. The van der Waals surface area contributed by atoms with E-state index in [0.717, 1.165) is 49.7 Å². The zero-order valence-corrected chi connectivity index (χ0v) is 17.1. The molecule has 0 radical (unpaired) electrons. The van der Waals surface area contributed by atoms with E-state index >= 15 is 0 Å². The molecule has 2 aliphatic heterocycles. The summed E-state index contributed by atoms with van der Waals surface area (Å²) in [5.41, 5.74) is 1.96. The van der Waals surface area contributed by atoms with Crippen molar-refractivity contribution in [2.75, 3.05) is 31.6 Å². The van der Waals surface area contributed by atoms with Gasteiger partial charge in [-0.25, -0.2) is 4.79 Å². The Bertz CT molecular complexity index is 836. The van der Waals surface area contributed by atoms with Crippen LogP contribution in [0.25, 0.3) is 0 Å². The van der Waals surface area contributed by atoms with E-state index in [1.54, 1.807) is 0 Å². The van der Waals surface area contributed by atoms with Crippen molar-refractivity contribution in [3.8, 4) is 11.5 Å². The number of carbonyl (C=O) groups excluding carboxylic acids is 1. The Balaban J connectivity index is 1.23. The van der Waals surface area contributed by atoms with Gasteiger partial charge in [-0.15, -0.1) is 0 Å². The van der Waals surface area contributed by atoms with Crippen molar-refractivity contribution in [1.29, 1.82) is 0 Å². The van der Waals surface area contributed by atoms with E-state index < -0.39 is 0 Å². The van der Waals surface area contributed by atoms with Crippen LogP contribution < -0.4 is 20.1 Å². The maximum atomic E-state index is 12.4. The summed E-state index contributed by atoms with van der Waals surface area (Å²) in [6, 6.07) is 13.5. The van der Waals surface area contributed by atoms with Gasteiger partial charge in [-0.05, 0) is 42.7 Å². The van der Waals surface area contributed by atoms with Crippen LogP contribution in [0.3, 0.4) is 0 Å². The number of anilines is 1. The molecule has 2 amide bonds. The van der Waals surface area contributed by atoms with Crippen molar-refractivity contribution < 1.29 is 14.3 Å². The molecular formula is C22H26ClN3O3. The zero-order chi connectivity index (χ0) is 20.1. The topological polar surface area (TPSA) is 62.8 Å². The van der Waals surface area contributed by atoms with Crippen LogP contribution in [-0.4, -0.2) is 43.3 Å². The van der Waals surface area contributed by atoms with Gasteiger partial charge in [0, 0.05) is 48.9 Å². The molecule has 0 saturated carbocycles. The van der Waals surface area contributed by atoms with Gasteiger partial charge in [-0.1, -0.05) is 23.7 Å². The second kappa shape index (κ2) is 9.37. The number of rotatable bonds is 4. The summed E-state index contributed by atoms with van der Waals surface area (Å²) in [5, 5.41) is 6.75. The Hall–Kier alpha value is -2.44. The molecule has 0 aliphatic carbocycles. The molecule has 2 heterocycles. The van der Waals surface area contributed by atoms with Crippen LogP contribution in [0, 0.1) is 0 Å². The molecule has 154 valence electrons. The number of nitrogens with zero attached hydrogens (tertiary/aromatic N) is 1. The molecule has 0 spiro atoms. The van der Waals surface area contributed by atoms with Crippen molar-refractivity contribution in [3.63, 3.8) is 0 Å². The average Bonchev–Trinajstić information content (AvgIpc) is 2.96. The highest BCUT2D eigenvalue weighted by atomic mass is 35.5. The van der Waals surface area contributed by atoms with Gasteiger partial charge in [0.15, 0.2) is 11.5 Å². The lowest BCUT2D eigenvalue weighted by atomic mass is 10.0. The number of nitrogens with one attached hydrogen (secondary N) is 2. The predicted octanol–water partition coefficient (Wildman–Crippen LogP) is 4.29. The maximum absolute atomic E-state index is 12.4. The fourth-order valence-corrected chi connectivity index (χ4v) is 3.80. The molecule has 2 aromatic carbocycles. The first-order valence-corrected chi connectivity index (χ1v) is 10.5. The number of carbonyl (C=O) groups is 1. The number of amides is 2. The van der Waals surface area contributed by atoms with Gasteiger partial charge >= 0.3 is 6.03 Å². The van der Waals surface area contributed by atoms with Crippen LogP contribution in [0.4, 0.5) is 10.5 Å². The number of piperidine rings is 1. The molecule has 0 unspecified atom stereocenters. The van der Waals surface area contributed by atoms with Gasteiger partial charge in [-0.2, -0.15) is 0 Å². The number of ether oxygens (including phenoxy) is 2. The molecule has 1 fully saturated rings. The first kappa shape index (κ1) is 19.9. The molecule has 7 heteroatoms. The number of hydrogen-bond acceptors (Lipinski definition) is 4. The van der Waals surface area contributed by atoms with E-state index in [9.17, 15) is 4.79 Å². The number of fused-ring (bicyclic) bond motifs is 1. The summed E-state index contributed by atoms with van der Waals surface area (Å²) < 4.78 is 11.3. The van der Waals surface area contributed by atoms with E-state index in [0.29, 0.717) is 24.7 Å². The van der Waals surface area contributed by atoms with Crippen molar-refractivity contribution >= 4 is 23.3 Å². The molecule has 2 aromatic rings. The van der Waals surface area contributed by atoms with E-state index in [1.165, 1.54) is 5.56 Å². The normalized spacial score (nSPS) is 17.4. The Labute approximate surface area is 176 Å². The molecule has 0 aromatic heterocycles. The number of halogens is 1. The Morgan fingerprint density at radius 3 is 2.52 bits per heavy atom. The van der Waals surface area contributed by atoms with E-state index in [-0.39, 0.29) is 12.1 Å². The number of benzene rings is 2. The predicted molar refractivity (Wildman–Crippen MR) is 114 cm³/mol. The molecule has 2 aliphatic rings. The highest BCUT2D eigenvalue weighted by Gasteiger charge is 2.21.